The molecule has 3 aromatic heterocycles. The summed E-state index contributed by atoms with van der Waals surface area (Å²) in [7, 11) is 0. The highest BCUT2D eigenvalue weighted by Gasteiger charge is 2.42. The van der Waals surface area contributed by atoms with Crippen LogP contribution in [0.4, 0.5) is 0 Å². The summed E-state index contributed by atoms with van der Waals surface area (Å²) in [6.45, 7) is 28.2. The van der Waals surface area contributed by atoms with Crippen LogP contribution in [0.1, 0.15) is 105 Å². The van der Waals surface area contributed by atoms with Crippen molar-refractivity contribution in [1.82, 2.24) is 14.1 Å². The predicted octanol–water partition coefficient (Wildman–Crippen LogP) is 11.3. The van der Waals surface area contributed by atoms with Gasteiger partial charge >= 0.3 is 0 Å². The molecule has 10 rings (SSSR count). The monoisotopic (exact) mass is 717 g/mol. The van der Waals surface area contributed by atoms with Gasteiger partial charge in [-0.3, -0.25) is 4.98 Å². The van der Waals surface area contributed by atoms with E-state index in [1.807, 2.05) is 12.4 Å². The topological polar surface area (TPSA) is 22.8 Å². The van der Waals surface area contributed by atoms with Gasteiger partial charge in [0.05, 0.1) is 11.0 Å². The van der Waals surface area contributed by atoms with Crippen molar-refractivity contribution in [3.8, 4) is 22.5 Å². The Balaban J connectivity index is 1.45. The number of hydrogen-bond acceptors (Lipinski definition) is 1. The van der Waals surface area contributed by atoms with E-state index in [9.17, 15) is 0 Å². The second-order valence-electron chi connectivity index (χ2n) is 20.7. The van der Waals surface area contributed by atoms with Gasteiger partial charge in [0.1, 0.15) is 0 Å². The van der Waals surface area contributed by atoms with E-state index in [-0.39, 0.29) is 28.4 Å². The average Bonchev–Trinajstić information content (AvgIpc) is 3.63. The molecule has 0 saturated heterocycles. The fourth-order valence-corrected chi connectivity index (χ4v) is 9.57. The van der Waals surface area contributed by atoms with Crippen LogP contribution in [0.5, 0.6) is 0 Å². The predicted molar refractivity (Wildman–Crippen MR) is 238 cm³/mol. The first kappa shape index (κ1) is 34.4. The summed E-state index contributed by atoms with van der Waals surface area (Å²) in [6.07, 6.45) is 3.89. The van der Waals surface area contributed by atoms with Crippen LogP contribution in [-0.4, -0.2) is 20.8 Å². The van der Waals surface area contributed by atoms with Gasteiger partial charge in [-0.05, 0) is 120 Å². The lowest BCUT2D eigenvalue weighted by Gasteiger charge is -2.36. The summed E-state index contributed by atoms with van der Waals surface area (Å²) in [5, 5.41) is 5.38. The van der Waals surface area contributed by atoms with Crippen molar-refractivity contribution in [3.63, 3.8) is 0 Å². The Morgan fingerprint density at radius 3 is 1.29 bits per heavy atom. The van der Waals surface area contributed by atoms with E-state index >= 15 is 0 Å². The summed E-state index contributed by atoms with van der Waals surface area (Å²) >= 11 is 0. The van der Waals surface area contributed by atoms with E-state index in [2.05, 4.69) is 182 Å². The Labute approximate surface area is 326 Å². The van der Waals surface area contributed by atoms with Crippen LogP contribution in [-0.2, 0) is 21.7 Å². The lowest BCUT2D eigenvalue weighted by atomic mass is 9.34. The third-order valence-electron chi connectivity index (χ3n) is 12.8. The summed E-state index contributed by atoms with van der Waals surface area (Å²) in [5.41, 5.74) is 19.8. The second-order valence-corrected chi connectivity index (χ2v) is 20.7. The van der Waals surface area contributed by atoms with E-state index < -0.39 is 0 Å². The van der Waals surface area contributed by atoms with Crippen molar-refractivity contribution >= 4 is 66.7 Å². The zero-order valence-corrected chi connectivity index (χ0v) is 34.7. The van der Waals surface area contributed by atoms with Crippen molar-refractivity contribution in [3.05, 3.63) is 120 Å². The van der Waals surface area contributed by atoms with Crippen molar-refractivity contribution in [2.24, 2.45) is 0 Å². The molecule has 5 heterocycles. The molecule has 0 atom stereocenters. The molecular weight excluding hydrogens is 665 g/mol. The molecule has 0 amide bonds. The number of hydrogen-bond donors (Lipinski definition) is 0. The Morgan fingerprint density at radius 2 is 0.891 bits per heavy atom. The smallest absolute Gasteiger partial charge is 0.252 e. The molecule has 0 N–H and O–H groups in total. The second kappa shape index (κ2) is 10.8. The minimum Gasteiger partial charge on any atom is -0.310 e. The van der Waals surface area contributed by atoms with Gasteiger partial charge in [-0.25, -0.2) is 0 Å². The maximum absolute atomic E-state index is 4.60. The van der Waals surface area contributed by atoms with Gasteiger partial charge in [-0.1, -0.05) is 113 Å². The van der Waals surface area contributed by atoms with Gasteiger partial charge in [0.25, 0.3) is 6.71 Å². The number of pyridine rings is 1. The average molecular weight is 718 g/mol. The Bertz CT molecular complexity index is 2770. The highest BCUT2D eigenvalue weighted by atomic mass is 15.0. The largest absolute Gasteiger partial charge is 0.310 e. The molecule has 0 saturated carbocycles. The molecule has 0 unspecified atom stereocenters. The SMILES string of the molecule is CC(C)(C)c1ccc2c(c1)c1cc(C(C)(C)C)cc3c1n2-c1cc(-c2cccnc2)cc2c1B3c1cc(C(C)(C)C)cc3c4cc(C(C)(C)C)ccc4n-2c13. The maximum Gasteiger partial charge on any atom is 0.252 e. The molecule has 3 nitrogen and oxygen atoms in total. The van der Waals surface area contributed by atoms with Gasteiger partial charge < -0.3 is 9.13 Å². The van der Waals surface area contributed by atoms with E-state index in [0.29, 0.717) is 0 Å². The molecule has 55 heavy (non-hydrogen) atoms. The summed E-state index contributed by atoms with van der Waals surface area (Å²) in [4.78, 5) is 4.60. The first-order valence-corrected chi connectivity index (χ1v) is 20.2. The molecule has 0 bridgehead atoms. The van der Waals surface area contributed by atoms with Crippen LogP contribution in [0.25, 0.3) is 66.1 Å². The minimum absolute atomic E-state index is 0.0243. The molecule has 274 valence electrons. The van der Waals surface area contributed by atoms with Crippen LogP contribution in [0, 0.1) is 0 Å². The number of benzene rings is 5. The van der Waals surface area contributed by atoms with E-state index in [4.69, 9.17) is 0 Å². The van der Waals surface area contributed by atoms with Crippen LogP contribution in [0.2, 0.25) is 0 Å². The molecule has 0 aliphatic carbocycles. The number of fused-ring (bicyclic) bond motifs is 10. The Hall–Kier alpha value is -5.09. The van der Waals surface area contributed by atoms with E-state index in [0.717, 1.165) is 5.56 Å². The first-order valence-electron chi connectivity index (χ1n) is 20.2. The maximum atomic E-state index is 4.60. The summed E-state index contributed by atoms with van der Waals surface area (Å²) in [5.74, 6) is 0. The number of rotatable bonds is 1. The van der Waals surface area contributed by atoms with Crippen LogP contribution in [0.3, 0.4) is 0 Å². The molecule has 2 aliphatic rings. The molecule has 5 aromatic carbocycles. The minimum atomic E-state index is -0.0243. The molecule has 0 fully saturated rings. The van der Waals surface area contributed by atoms with Gasteiger partial charge in [-0.15, -0.1) is 0 Å². The Kier molecular flexibility index (Phi) is 6.76. The van der Waals surface area contributed by atoms with Crippen molar-refractivity contribution < 1.29 is 0 Å². The summed E-state index contributed by atoms with van der Waals surface area (Å²) in [6, 6.07) is 33.8. The Morgan fingerprint density at radius 1 is 0.455 bits per heavy atom. The van der Waals surface area contributed by atoms with Gasteiger partial charge in [0.15, 0.2) is 0 Å². The van der Waals surface area contributed by atoms with Gasteiger partial charge in [-0.2, -0.15) is 0 Å². The zero-order valence-electron chi connectivity index (χ0n) is 34.7. The van der Waals surface area contributed by atoms with E-state index in [1.54, 1.807) is 0 Å². The fourth-order valence-electron chi connectivity index (χ4n) is 9.57. The highest BCUT2D eigenvalue weighted by Crippen LogP contribution is 2.44. The van der Waals surface area contributed by atoms with Crippen LogP contribution >= 0.6 is 0 Å². The molecule has 0 spiro atoms. The van der Waals surface area contributed by atoms with Crippen molar-refractivity contribution in [1.29, 1.82) is 0 Å². The fraction of sp³-hybridized carbons (Fsp3) is 0.314. The van der Waals surface area contributed by atoms with Crippen LogP contribution < -0.4 is 16.4 Å². The van der Waals surface area contributed by atoms with Crippen LogP contribution in [0.15, 0.2) is 97.3 Å². The normalized spacial score (nSPS) is 14.1. The van der Waals surface area contributed by atoms with Gasteiger partial charge in [0.2, 0.25) is 0 Å². The zero-order chi connectivity index (χ0) is 38.7. The van der Waals surface area contributed by atoms with Crippen molar-refractivity contribution in [2.45, 2.75) is 105 Å². The third kappa shape index (κ3) is 4.85. The number of nitrogens with zero attached hydrogens (tertiary/aromatic N) is 3. The molecule has 0 radical (unpaired) electrons. The molecule has 2 aliphatic heterocycles. The highest BCUT2D eigenvalue weighted by molar-refractivity contribution is 7.00. The molecule has 8 aromatic rings. The lowest BCUT2D eigenvalue weighted by molar-refractivity contribution is 0.590. The summed E-state index contributed by atoms with van der Waals surface area (Å²) < 4.78 is 5.24. The quantitative estimate of drug-likeness (QED) is 0.155. The van der Waals surface area contributed by atoms with Crippen molar-refractivity contribution in [2.75, 3.05) is 0 Å². The first-order chi connectivity index (χ1) is 25.8. The lowest BCUT2D eigenvalue weighted by Crippen LogP contribution is -2.59. The third-order valence-corrected chi connectivity index (χ3v) is 12.8. The van der Waals surface area contributed by atoms with E-state index in [1.165, 1.54) is 99.2 Å². The number of aromatic nitrogens is 3. The van der Waals surface area contributed by atoms with Gasteiger partial charge in [0, 0.05) is 61.9 Å². The molecular formula is C51H52BN3. The molecule has 4 heteroatoms. The standard InChI is InChI=1S/C51H52BN3/c1-48(2,3)31-15-17-41-35(22-31)37-24-33(50(7,8)9)26-39-46(37)54(41)43-20-30(29-14-13-19-53-28-29)21-44-45(43)52(39)40-27-34(51(10,11)12)25-38-36-23-32(49(4,5)6)16-18-42(36)55(44)47(38)40/h13-28H,1-12H3.